The standard InChI is InChI=1S/C15H15NO2S/c17-14-11-6-1-4-10-5-2-7-12(13(10)11)15(18)16(14)8-3-9-19/h1-2,4,6-7,12,19H,3,5,8-9H2. The lowest BCUT2D eigenvalue weighted by molar-refractivity contribution is -0.129. The minimum absolute atomic E-state index is 0.0947. The van der Waals surface area contributed by atoms with Crippen molar-refractivity contribution >= 4 is 24.4 Å². The largest absolute Gasteiger partial charge is 0.278 e. The summed E-state index contributed by atoms with van der Waals surface area (Å²) in [6.45, 7) is 0.454. The Morgan fingerprint density at radius 3 is 2.95 bits per heavy atom. The Kier molecular flexibility index (Phi) is 3.19. The summed E-state index contributed by atoms with van der Waals surface area (Å²) in [5.41, 5.74) is 2.70. The van der Waals surface area contributed by atoms with E-state index in [9.17, 15) is 9.59 Å². The highest BCUT2D eigenvalue weighted by molar-refractivity contribution is 7.80. The van der Waals surface area contributed by atoms with Crippen molar-refractivity contribution in [3.63, 3.8) is 0 Å². The minimum Gasteiger partial charge on any atom is -0.278 e. The first-order chi connectivity index (χ1) is 9.24. The number of nitrogens with zero attached hydrogens (tertiary/aromatic N) is 1. The zero-order chi connectivity index (χ0) is 13.4. The molecule has 1 aromatic rings. The van der Waals surface area contributed by atoms with Gasteiger partial charge in [-0.15, -0.1) is 0 Å². The van der Waals surface area contributed by atoms with Gasteiger partial charge in [-0.05, 0) is 35.8 Å². The van der Waals surface area contributed by atoms with Gasteiger partial charge in [0.15, 0.2) is 0 Å². The Labute approximate surface area is 117 Å². The van der Waals surface area contributed by atoms with Gasteiger partial charge in [0, 0.05) is 12.1 Å². The Morgan fingerprint density at radius 1 is 1.32 bits per heavy atom. The van der Waals surface area contributed by atoms with E-state index >= 15 is 0 Å². The highest BCUT2D eigenvalue weighted by Gasteiger charge is 2.39. The molecule has 4 heteroatoms. The van der Waals surface area contributed by atoms with Gasteiger partial charge in [0.05, 0.1) is 5.92 Å². The number of amides is 2. The van der Waals surface area contributed by atoms with E-state index in [-0.39, 0.29) is 17.7 Å². The van der Waals surface area contributed by atoms with Gasteiger partial charge in [-0.1, -0.05) is 24.3 Å². The predicted octanol–water partition coefficient (Wildman–Crippen LogP) is 2.18. The molecule has 0 radical (unpaired) electrons. The molecule has 0 bridgehead atoms. The number of carbonyl (C=O) groups excluding carboxylic acids is 2. The number of carbonyl (C=O) groups is 2. The number of allylic oxidation sites excluding steroid dienone is 1. The molecule has 0 N–H and O–H groups in total. The van der Waals surface area contributed by atoms with E-state index in [0.717, 1.165) is 24.0 Å². The Balaban J connectivity index is 2.07. The lowest BCUT2D eigenvalue weighted by atomic mass is 9.80. The monoisotopic (exact) mass is 273 g/mol. The van der Waals surface area contributed by atoms with Crippen molar-refractivity contribution < 1.29 is 9.59 Å². The Hall–Kier alpha value is -1.55. The number of thiol groups is 1. The normalized spacial score (nSPS) is 20.7. The molecule has 3 nitrogen and oxygen atoms in total. The first kappa shape index (κ1) is 12.5. The smallest absolute Gasteiger partial charge is 0.260 e. The third-order valence-electron chi connectivity index (χ3n) is 3.72. The van der Waals surface area contributed by atoms with Gasteiger partial charge in [-0.25, -0.2) is 0 Å². The third kappa shape index (κ3) is 1.91. The molecule has 1 atom stereocenters. The van der Waals surface area contributed by atoms with Crippen LogP contribution in [0.4, 0.5) is 0 Å². The first-order valence-electron chi connectivity index (χ1n) is 6.49. The van der Waals surface area contributed by atoms with Crippen LogP contribution in [0.5, 0.6) is 0 Å². The van der Waals surface area contributed by atoms with Gasteiger partial charge in [-0.3, -0.25) is 14.5 Å². The van der Waals surface area contributed by atoms with Crippen LogP contribution in [-0.2, 0) is 11.2 Å². The molecule has 1 unspecified atom stereocenters. The molecule has 0 saturated heterocycles. The van der Waals surface area contributed by atoms with E-state index in [0.29, 0.717) is 17.9 Å². The average molecular weight is 273 g/mol. The summed E-state index contributed by atoms with van der Waals surface area (Å²) in [4.78, 5) is 26.3. The van der Waals surface area contributed by atoms with Crippen molar-refractivity contribution in [3.8, 4) is 0 Å². The second-order valence-corrected chi connectivity index (χ2v) is 5.31. The number of hydrogen-bond acceptors (Lipinski definition) is 3. The van der Waals surface area contributed by atoms with Crippen LogP contribution in [0.1, 0.15) is 33.8 Å². The molecule has 3 rings (SSSR count). The predicted molar refractivity (Wildman–Crippen MR) is 76.5 cm³/mol. The topological polar surface area (TPSA) is 37.4 Å². The lowest BCUT2D eigenvalue weighted by Gasteiger charge is -2.34. The molecular weight excluding hydrogens is 258 g/mol. The SMILES string of the molecule is O=C1c2cccc3c2C(C=CC3)C(=O)N1CCCS. The maximum Gasteiger partial charge on any atom is 0.260 e. The van der Waals surface area contributed by atoms with E-state index in [1.54, 1.807) is 0 Å². The number of hydrogen-bond donors (Lipinski definition) is 1. The Morgan fingerprint density at radius 2 is 2.16 bits per heavy atom. The molecule has 0 fully saturated rings. The average Bonchev–Trinajstić information content (AvgIpc) is 2.44. The minimum atomic E-state index is -0.280. The van der Waals surface area contributed by atoms with Crippen LogP contribution < -0.4 is 0 Å². The summed E-state index contributed by atoms with van der Waals surface area (Å²) < 4.78 is 0. The summed E-state index contributed by atoms with van der Waals surface area (Å²) >= 11 is 4.14. The molecule has 0 aromatic heterocycles. The quantitative estimate of drug-likeness (QED) is 0.521. The summed E-state index contributed by atoms with van der Waals surface area (Å²) in [6.07, 6.45) is 5.47. The molecule has 0 spiro atoms. The van der Waals surface area contributed by atoms with Crippen LogP contribution >= 0.6 is 12.6 Å². The lowest BCUT2D eigenvalue weighted by Crippen LogP contribution is -2.45. The molecule has 1 aliphatic heterocycles. The number of benzene rings is 1. The van der Waals surface area contributed by atoms with Crippen molar-refractivity contribution in [2.24, 2.45) is 0 Å². The Bertz CT molecular complexity index is 580. The van der Waals surface area contributed by atoms with E-state index in [1.165, 1.54) is 4.90 Å². The van der Waals surface area contributed by atoms with Gasteiger partial charge >= 0.3 is 0 Å². The van der Waals surface area contributed by atoms with Crippen LogP contribution in [0.25, 0.3) is 0 Å². The van der Waals surface area contributed by atoms with Crippen LogP contribution in [0.3, 0.4) is 0 Å². The van der Waals surface area contributed by atoms with E-state index < -0.39 is 0 Å². The van der Waals surface area contributed by atoms with Gasteiger partial charge in [0.25, 0.3) is 5.91 Å². The maximum absolute atomic E-state index is 12.5. The van der Waals surface area contributed by atoms with Crippen LogP contribution in [0.15, 0.2) is 30.4 Å². The van der Waals surface area contributed by atoms with E-state index in [4.69, 9.17) is 0 Å². The van der Waals surface area contributed by atoms with Crippen molar-refractivity contribution in [1.82, 2.24) is 4.90 Å². The first-order valence-corrected chi connectivity index (χ1v) is 7.12. The van der Waals surface area contributed by atoms with Crippen LogP contribution in [0.2, 0.25) is 0 Å². The third-order valence-corrected chi connectivity index (χ3v) is 4.04. The fraction of sp³-hybridized carbons (Fsp3) is 0.333. The molecular formula is C15H15NO2S. The van der Waals surface area contributed by atoms with Crippen LogP contribution in [0, 0.1) is 0 Å². The van der Waals surface area contributed by atoms with E-state index in [1.807, 2.05) is 30.4 Å². The second-order valence-electron chi connectivity index (χ2n) is 4.86. The fourth-order valence-electron chi connectivity index (χ4n) is 2.83. The van der Waals surface area contributed by atoms with Gasteiger partial charge in [-0.2, -0.15) is 12.6 Å². The van der Waals surface area contributed by atoms with Gasteiger partial charge < -0.3 is 0 Å². The highest BCUT2D eigenvalue weighted by Crippen LogP contribution is 2.36. The van der Waals surface area contributed by atoms with Crippen molar-refractivity contribution in [2.75, 3.05) is 12.3 Å². The van der Waals surface area contributed by atoms with Gasteiger partial charge in [0.1, 0.15) is 0 Å². The molecule has 1 aromatic carbocycles. The van der Waals surface area contributed by atoms with Gasteiger partial charge in [0.2, 0.25) is 5.91 Å². The summed E-state index contributed by atoms with van der Waals surface area (Å²) in [7, 11) is 0. The molecule has 98 valence electrons. The molecule has 1 aliphatic carbocycles. The molecule has 1 heterocycles. The summed E-state index contributed by atoms with van der Waals surface area (Å²) in [5.74, 6) is 0.139. The molecule has 0 saturated carbocycles. The number of imide groups is 1. The van der Waals surface area contributed by atoms with Crippen molar-refractivity contribution in [1.29, 1.82) is 0 Å². The molecule has 2 amide bonds. The number of rotatable bonds is 3. The van der Waals surface area contributed by atoms with Crippen molar-refractivity contribution in [2.45, 2.75) is 18.8 Å². The summed E-state index contributed by atoms with van der Waals surface area (Å²) in [5, 5.41) is 0. The van der Waals surface area contributed by atoms with E-state index in [2.05, 4.69) is 12.6 Å². The van der Waals surface area contributed by atoms with Crippen molar-refractivity contribution in [3.05, 3.63) is 47.0 Å². The second kappa shape index (κ2) is 4.85. The zero-order valence-corrected chi connectivity index (χ0v) is 11.4. The zero-order valence-electron chi connectivity index (χ0n) is 10.5. The molecule has 2 aliphatic rings. The summed E-state index contributed by atoms with van der Waals surface area (Å²) in [6, 6.07) is 5.72. The maximum atomic E-state index is 12.5. The fourth-order valence-corrected chi connectivity index (χ4v) is 2.97. The highest BCUT2D eigenvalue weighted by atomic mass is 32.1. The van der Waals surface area contributed by atoms with Crippen LogP contribution in [-0.4, -0.2) is 29.0 Å². The molecule has 19 heavy (non-hydrogen) atoms.